The van der Waals surface area contributed by atoms with Gasteiger partial charge in [0, 0.05) is 17.6 Å². The van der Waals surface area contributed by atoms with E-state index in [1.807, 2.05) is 49.9 Å². The zero-order valence-corrected chi connectivity index (χ0v) is 16.9. The SMILES string of the molecule is CC(N=C1NC(=O)N(C(C)C)CN1Cc1ccc(F)cc1)c1ccc(Cl)cc1. The van der Waals surface area contributed by atoms with Crippen LogP contribution in [0.4, 0.5) is 9.18 Å². The normalized spacial score (nSPS) is 17.2. The van der Waals surface area contributed by atoms with Crippen molar-refractivity contribution in [3.8, 4) is 0 Å². The number of urea groups is 1. The quantitative estimate of drug-likeness (QED) is 0.781. The van der Waals surface area contributed by atoms with Crippen LogP contribution in [-0.2, 0) is 6.54 Å². The molecule has 2 aromatic carbocycles. The Balaban J connectivity index is 1.87. The summed E-state index contributed by atoms with van der Waals surface area (Å²) in [4.78, 5) is 21.0. The molecule has 28 heavy (non-hydrogen) atoms. The van der Waals surface area contributed by atoms with E-state index in [1.165, 1.54) is 12.1 Å². The van der Waals surface area contributed by atoms with Gasteiger partial charge in [-0.05, 0) is 56.2 Å². The average molecular weight is 403 g/mol. The minimum atomic E-state index is -0.273. The lowest BCUT2D eigenvalue weighted by molar-refractivity contribution is 0.136. The molecule has 1 atom stereocenters. The van der Waals surface area contributed by atoms with Crippen molar-refractivity contribution < 1.29 is 9.18 Å². The van der Waals surface area contributed by atoms with Crippen LogP contribution in [0.15, 0.2) is 53.5 Å². The number of nitrogens with zero attached hydrogens (tertiary/aromatic N) is 3. The Morgan fingerprint density at radius 2 is 1.75 bits per heavy atom. The molecule has 1 aliphatic heterocycles. The van der Waals surface area contributed by atoms with Gasteiger partial charge in [-0.25, -0.2) is 14.2 Å². The lowest BCUT2D eigenvalue weighted by atomic mass is 10.1. The molecule has 5 nitrogen and oxygen atoms in total. The second-order valence-corrected chi connectivity index (χ2v) is 7.58. The molecule has 0 radical (unpaired) electrons. The maximum atomic E-state index is 13.2. The molecule has 7 heteroatoms. The van der Waals surface area contributed by atoms with Crippen LogP contribution in [0.5, 0.6) is 0 Å². The van der Waals surface area contributed by atoms with Crippen molar-refractivity contribution in [3.05, 3.63) is 70.5 Å². The Kier molecular flexibility index (Phi) is 6.19. The zero-order chi connectivity index (χ0) is 20.3. The molecule has 0 saturated carbocycles. The molecule has 2 aromatic rings. The van der Waals surface area contributed by atoms with Gasteiger partial charge in [0.2, 0.25) is 5.96 Å². The van der Waals surface area contributed by atoms with E-state index in [4.69, 9.17) is 16.6 Å². The van der Waals surface area contributed by atoms with Crippen molar-refractivity contribution in [3.63, 3.8) is 0 Å². The van der Waals surface area contributed by atoms with Crippen molar-refractivity contribution in [1.29, 1.82) is 0 Å². The third-order valence-electron chi connectivity index (χ3n) is 4.68. The van der Waals surface area contributed by atoms with Crippen LogP contribution in [0.1, 0.15) is 37.9 Å². The van der Waals surface area contributed by atoms with Gasteiger partial charge in [0.15, 0.2) is 0 Å². The third-order valence-corrected chi connectivity index (χ3v) is 4.93. The molecule has 1 fully saturated rings. The molecule has 148 valence electrons. The number of hydrogen-bond acceptors (Lipinski definition) is 2. The maximum absolute atomic E-state index is 13.2. The molecule has 0 aromatic heterocycles. The highest BCUT2D eigenvalue weighted by atomic mass is 35.5. The van der Waals surface area contributed by atoms with Gasteiger partial charge >= 0.3 is 6.03 Å². The number of carbonyl (C=O) groups excluding carboxylic acids is 1. The summed E-state index contributed by atoms with van der Waals surface area (Å²) < 4.78 is 13.2. The number of guanidine groups is 1. The topological polar surface area (TPSA) is 47.9 Å². The summed E-state index contributed by atoms with van der Waals surface area (Å²) in [6.45, 7) is 6.82. The summed E-state index contributed by atoms with van der Waals surface area (Å²) in [6.07, 6.45) is 0. The van der Waals surface area contributed by atoms with Gasteiger partial charge in [-0.15, -0.1) is 0 Å². The van der Waals surface area contributed by atoms with E-state index in [9.17, 15) is 9.18 Å². The highest BCUT2D eigenvalue weighted by Gasteiger charge is 2.30. The van der Waals surface area contributed by atoms with E-state index in [0.29, 0.717) is 24.2 Å². The van der Waals surface area contributed by atoms with E-state index in [0.717, 1.165) is 11.1 Å². The number of carbonyl (C=O) groups is 1. The first kappa shape index (κ1) is 20.1. The maximum Gasteiger partial charge on any atom is 0.325 e. The highest BCUT2D eigenvalue weighted by molar-refractivity contribution is 6.30. The molecule has 2 amide bonds. The van der Waals surface area contributed by atoms with Crippen molar-refractivity contribution in [2.24, 2.45) is 4.99 Å². The molecule has 1 heterocycles. The predicted molar refractivity (Wildman–Crippen MR) is 110 cm³/mol. The van der Waals surface area contributed by atoms with Gasteiger partial charge < -0.3 is 9.80 Å². The van der Waals surface area contributed by atoms with Crippen molar-refractivity contribution in [1.82, 2.24) is 15.1 Å². The molecular formula is C21H24ClFN4O. The fraction of sp³-hybridized carbons (Fsp3) is 0.333. The van der Waals surface area contributed by atoms with E-state index < -0.39 is 0 Å². The standard InChI is InChI=1S/C21H24ClFN4O/c1-14(2)27-13-26(12-16-4-10-19(23)11-5-16)20(25-21(27)28)24-15(3)17-6-8-18(22)9-7-17/h4-11,14-15H,12-13H2,1-3H3,(H,24,25,28). The van der Waals surface area contributed by atoms with Gasteiger partial charge in [-0.1, -0.05) is 35.9 Å². The third kappa shape index (κ3) is 4.81. The van der Waals surface area contributed by atoms with Crippen LogP contribution >= 0.6 is 11.6 Å². The number of halogens is 2. The van der Waals surface area contributed by atoms with E-state index >= 15 is 0 Å². The van der Waals surface area contributed by atoms with Crippen LogP contribution < -0.4 is 5.32 Å². The first-order valence-corrected chi connectivity index (χ1v) is 9.61. The molecule has 0 spiro atoms. The Morgan fingerprint density at radius 3 is 2.36 bits per heavy atom. The Morgan fingerprint density at radius 1 is 1.11 bits per heavy atom. The van der Waals surface area contributed by atoms with Crippen LogP contribution in [0.25, 0.3) is 0 Å². The lowest BCUT2D eigenvalue weighted by Gasteiger charge is -2.40. The molecule has 1 unspecified atom stereocenters. The van der Waals surface area contributed by atoms with Gasteiger partial charge in [-0.2, -0.15) is 0 Å². The highest BCUT2D eigenvalue weighted by Crippen LogP contribution is 2.21. The second kappa shape index (κ2) is 8.61. The summed E-state index contributed by atoms with van der Waals surface area (Å²) in [7, 11) is 0. The van der Waals surface area contributed by atoms with Crippen molar-refractivity contribution in [2.45, 2.75) is 39.4 Å². The minimum Gasteiger partial charge on any atom is -0.320 e. The molecule has 3 rings (SSSR count). The first-order chi connectivity index (χ1) is 13.3. The summed E-state index contributed by atoms with van der Waals surface area (Å²) >= 11 is 5.96. The van der Waals surface area contributed by atoms with E-state index in [-0.39, 0.29) is 23.9 Å². The second-order valence-electron chi connectivity index (χ2n) is 7.14. The molecule has 0 aliphatic carbocycles. The summed E-state index contributed by atoms with van der Waals surface area (Å²) in [5.41, 5.74) is 1.94. The van der Waals surface area contributed by atoms with Crippen LogP contribution in [0.3, 0.4) is 0 Å². The fourth-order valence-corrected chi connectivity index (χ4v) is 3.13. The Labute approximate surface area is 169 Å². The fourth-order valence-electron chi connectivity index (χ4n) is 3.01. The minimum absolute atomic E-state index is 0.0472. The largest absolute Gasteiger partial charge is 0.325 e. The summed E-state index contributed by atoms with van der Waals surface area (Å²) in [5, 5.41) is 3.57. The first-order valence-electron chi connectivity index (χ1n) is 9.24. The summed E-state index contributed by atoms with van der Waals surface area (Å²) in [6, 6.07) is 13.6. The predicted octanol–water partition coefficient (Wildman–Crippen LogP) is 4.79. The summed E-state index contributed by atoms with van der Waals surface area (Å²) in [5.74, 6) is 0.235. The van der Waals surface area contributed by atoms with Crippen LogP contribution in [0, 0.1) is 5.82 Å². The molecule has 1 saturated heterocycles. The lowest BCUT2D eigenvalue weighted by Crippen LogP contribution is -2.61. The number of rotatable bonds is 5. The zero-order valence-electron chi connectivity index (χ0n) is 16.2. The van der Waals surface area contributed by atoms with Gasteiger partial charge in [-0.3, -0.25) is 5.32 Å². The Hall–Kier alpha value is -2.60. The number of aliphatic imine (C=N–C) groups is 1. The van der Waals surface area contributed by atoms with Gasteiger partial charge in [0.25, 0.3) is 0 Å². The van der Waals surface area contributed by atoms with E-state index in [2.05, 4.69) is 5.32 Å². The molecule has 0 bridgehead atoms. The van der Waals surface area contributed by atoms with Gasteiger partial charge in [0.05, 0.1) is 12.7 Å². The van der Waals surface area contributed by atoms with Crippen molar-refractivity contribution >= 4 is 23.6 Å². The van der Waals surface area contributed by atoms with Crippen LogP contribution in [0.2, 0.25) is 5.02 Å². The van der Waals surface area contributed by atoms with Gasteiger partial charge in [0.1, 0.15) is 5.82 Å². The average Bonchev–Trinajstić information content (AvgIpc) is 2.65. The van der Waals surface area contributed by atoms with Crippen LogP contribution in [-0.4, -0.2) is 34.5 Å². The molecule has 1 aliphatic rings. The Bertz CT molecular complexity index is 852. The van der Waals surface area contributed by atoms with Crippen molar-refractivity contribution in [2.75, 3.05) is 6.67 Å². The number of hydrogen-bond donors (Lipinski definition) is 1. The molecular weight excluding hydrogens is 379 g/mol. The van der Waals surface area contributed by atoms with E-state index in [1.54, 1.807) is 17.0 Å². The molecule has 1 N–H and O–H groups in total. The smallest absolute Gasteiger partial charge is 0.320 e. The monoisotopic (exact) mass is 402 g/mol. The number of benzene rings is 2. The number of amides is 2. The number of nitrogens with one attached hydrogen (secondary N) is 1.